The molecule has 1 heterocycles. The summed E-state index contributed by atoms with van der Waals surface area (Å²) in [7, 11) is 0. The first-order valence-corrected chi connectivity index (χ1v) is 8.86. The highest BCUT2D eigenvalue weighted by Crippen LogP contribution is 2.25. The molecule has 5 nitrogen and oxygen atoms in total. The molecule has 0 bridgehead atoms. The summed E-state index contributed by atoms with van der Waals surface area (Å²) in [4.78, 5) is 23.7. The van der Waals surface area contributed by atoms with Crippen molar-refractivity contribution >= 4 is 40.1 Å². The molecule has 0 aliphatic rings. The summed E-state index contributed by atoms with van der Waals surface area (Å²) in [6, 6.07) is 9.74. The van der Waals surface area contributed by atoms with Gasteiger partial charge in [0.05, 0.1) is 0 Å². The van der Waals surface area contributed by atoms with Gasteiger partial charge in [0, 0.05) is 27.1 Å². The zero-order valence-electron chi connectivity index (χ0n) is 14.7. The van der Waals surface area contributed by atoms with E-state index < -0.39 is 11.6 Å². The van der Waals surface area contributed by atoms with Gasteiger partial charge >= 0.3 is 11.6 Å². The quantitative estimate of drug-likeness (QED) is 0.447. The Labute approximate surface area is 165 Å². The summed E-state index contributed by atoms with van der Waals surface area (Å²) < 4.78 is 15.8. The van der Waals surface area contributed by atoms with Crippen LogP contribution in [-0.4, -0.2) is 12.6 Å². The Morgan fingerprint density at radius 1 is 1.04 bits per heavy atom. The van der Waals surface area contributed by atoms with Crippen molar-refractivity contribution < 1.29 is 18.7 Å². The molecule has 0 saturated heterocycles. The van der Waals surface area contributed by atoms with E-state index in [1.807, 2.05) is 13.8 Å². The van der Waals surface area contributed by atoms with E-state index in [9.17, 15) is 9.59 Å². The minimum atomic E-state index is -0.567. The van der Waals surface area contributed by atoms with Crippen LogP contribution in [-0.2, 0) is 16.1 Å². The van der Waals surface area contributed by atoms with Crippen LogP contribution in [0.1, 0.15) is 16.7 Å². The summed E-state index contributed by atoms with van der Waals surface area (Å²) in [5.74, 6) is -0.0517. The van der Waals surface area contributed by atoms with Crippen molar-refractivity contribution in [2.24, 2.45) is 0 Å². The Hall–Kier alpha value is -2.50. The Bertz CT molecular complexity index is 1070. The third-order valence-electron chi connectivity index (χ3n) is 3.98. The van der Waals surface area contributed by atoms with E-state index in [0.29, 0.717) is 32.3 Å². The molecule has 27 heavy (non-hydrogen) atoms. The van der Waals surface area contributed by atoms with Crippen LogP contribution in [0.3, 0.4) is 0 Å². The minimum Gasteiger partial charge on any atom is -0.482 e. The molecule has 0 saturated carbocycles. The number of carbonyl (C=O) groups excluding carboxylic acids is 1. The number of carbonyl (C=O) groups is 1. The fraction of sp³-hybridized carbons (Fsp3) is 0.200. The molecule has 0 radical (unpaired) electrons. The van der Waals surface area contributed by atoms with Gasteiger partial charge in [-0.15, -0.1) is 0 Å². The number of hydrogen-bond donors (Lipinski definition) is 0. The van der Waals surface area contributed by atoms with Crippen LogP contribution in [0.4, 0.5) is 0 Å². The van der Waals surface area contributed by atoms with Gasteiger partial charge in [0.15, 0.2) is 6.61 Å². The van der Waals surface area contributed by atoms with Gasteiger partial charge < -0.3 is 13.9 Å². The second-order valence-electron chi connectivity index (χ2n) is 6.05. The lowest BCUT2D eigenvalue weighted by Gasteiger charge is -2.10. The van der Waals surface area contributed by atoms with Crippen LogP contribution in [0.25, 0.3) is 11.0 Å². The molecule has 0 atom stereocenters. The summed E-state index contributed by atoms with van der Waals surface area (Å²) >= 11 is 12.1. The number of halogens is 2. The average molecular weight is 407 g/mol. The van der Waals surface area contributed by atoms with Crippen molar-refractivity contribution in [1.29, 1.82) is 0 Å². The van der Waals surface area contributed by atoms with Gasteiger partial charge in [0.25, 0.3) is 0 Å². The molecule has 0 unspecified atom stereocenters. The normalized spacial score (nSPS) is 10.8. The van der Waals surface area contributed by atoms with Crippen LogP contribution in [0.2, 0.25) is 10.0 Å². The summed E-state index contributed by atoms with van der Waals surface area (Å²) in [5.41, 5.74) is 2.01. The van der Waals surface area contributed by atoms with Crippen LogP contribution < -0.4 is 10.4 Å². The smallest absolute Gasteiger partial charge is 0.344 e. The van der Waals surface area contributed by atoms with Gasteiger partial charge in [-0.2, -0.15) is 0 Å². The largest absolute Gasteiger partial charge is 0.482 e. The first-order valence-electron chi connectivity index (χ1n) is 8.11. The minimum absolute atomic E-state index is 0.0939. The SMILES string of the molecule is Cc1cc(OCC(=O)OCc2cc(=O)oc3cc(C)c(Cl)cc23)ccc1Cl. The highest BCUT2D eigenvalue weighted by Gasteiger charge is 2.11. The monoisotopic (exact) mass is 406 g/mol. The van der Waals surface area contributed by atoms with E-state index in [2.05, 4.69) is 0 Å². The molecule has 0 aliphatic heterocycles. The molecule has 0 spiro atoms. The van der Waals surface area contributed by atoms with Crippen LogP contribution >= 0.6 is 23.2 Å². The zero-order chi connectivity index (χ0) is 19.6. The van der Waals surface area contributed by atoms with E-state index >= 15 is 0 Å². The van der Waals surface area contributed by atoms with Gasteiger partial charge in [0.2, 0.25) is 0 Å². The van der Waals surface area contributed by atoms with Crippen molar-refractivity contribution in [3.8, 4) is 5.75 Å². The molecule has 7 heteroatoms. The predicted molar refractivity (Wildman–Crippen MR) is 104 cm³/mol. The number of rotatable bonds is 5. The van der Waals surface area contributed by atoms with Crippen molar-refractivity contribution in [3.05, 3.63) is 73.6 Å². The highest BCUT2D eigenvalue weighted by molar-refractivity contribution is 6.32. The lowest BCUT2D eigenvalue weighted by molar-refractivity contribution is -0.147. The van der Waals surface area contributed by atoms with E-state index in [4.69, 9.17) is 37.1 Å². The Kier molecular flexibility index (Phi) is 5.73. The second kappa shape index (κ2) is 8.03. The van der Waals surface area contributed by atoms with Gasteiger partial charge in [-0.25, -0.2) is 9.59 Å². The van der Waals surface area contributed by atoms with Crippen molar-refractivity contribution in [3.63, 3.8) is 0 Å². The first kappa shape index (κ1) is 19.3. The topological polar surface area (TPSA) is 65.7 Å². The Balaban J connectivity index is 1.69. The second-order valence-corrected chi connectivity index (χ2v) is 6.86. The maximum Gasteiger partial charge on any atom is 0.344 e. The molecule has 0 fully saturated rings. The number of hydrogen-bond acceptors (Lipinski definition) is 5. The Morgan fingerprint density at radius 2 is 1.78 bits per heavy atom. The van der Waals surface area contributed by atoms with E-state index in [0.717, 1.165) is 11.1 Å². The molecule has 0 amide bonds. The molecule has 0 N–H and O–H groups in total. The van der Waals surface area contributed by atoms with Gasteiger partial charge in [0.1, 0.15) is 17.9 Å². The van der Waals surface area contributed by atoms with E-state index in [1.54, 1.807) is 30.3 Å². The van der Waals surface area contributed by atoms with Gasteiger partial charge in [-0.05, 0) is 55.3 Å². The molecule has 3 rings (SSSR count). The van der Waals surface area contributed by atoms with Crippen molar-refractivity contribution in [1.82, 2.24) is 0 Å². The number of fused-ring (bicyclic) bond motifs is 1. The predicted octanol–water partition coefficient (Wildman–Crippen LogP) is 4.84. The third-order valence-corrected chi connectivity index (χ3v) is 4.82. The standard InChI is InChI=1S/C20H16Cl2O5/c1-11-5-14(3-4-16(11)21)25-10-20(24)26-9-13-7-19(23)27-18-6-12(2)17(22)8-15(13)18/h3-8H,9-10H2,1-2H3. The third kappa shape index (κ3) is 4.62. The maximum atomic E-state index is 12.0. The van der Waals surface area contributed by atoms with Gasteiger partial charge in [-0.1, -0.05) is 23.2 Å². The molecular weight excluding hydrogens is 391 g/mol. The highest BCUT2D eigenvalue weighted by atomic mass is 35.5. The molecule has 140 valence electrons. The molecule has 1 aromatic heterocycles. The lowest BCUT2D eigenvalue weighted by atomic mass is 10.1. The molecular formula is C20H16Cl2O5. The first-order chi connectivity index (χ1) is 12.8. The zero-order valence-corrected chi connectivity index (χ0v) is 16.2. The van der Waals surface area contributed by atoms with Crippen LogP contribution in [0.15, 0.2) is 45.6 Å². The number of esters is 1. The van der Waals surface area contributed by atoms with Crippen molar-refractivity contribution in [2.75, 3.05) is 6.61 Å². The maximum absolute atomic E-state index is 12.0. The molecule has 2 aromatic carbocycles. The van der Waals surface area contributed by atoms with E-state index in [-0.39, 0.29) is 13.2 Å². The van der Waals surface area contributed by atoms with Crippen LogP contribution in [0.5, 0.6) is 5.75 Å². The van der Waals surface area contributed by atoms with Crippen molar-refractivity contribution in [2.45, 2.75) is 20.5 Å². The molecule has 3 aromatic rings. The Morgan fingerprint density at radius 3 is 2.52 bits per heavy atom. The number of ether oxygens (including phenoxy) is 2. The fourth-order valence-electron chi connectivity index (χ4n) is 2.52. The number of aryl methyl sites for hydroxylation is 2. The van der Waals surface area contributed by atoms with E-state index in [1.165, 1.54) is 6.07 Å². The lowest BCUT2D eigenvalue weighted by Crippen LogP contribution is -2.15. The fourth-order valence-corrected chi connectivity index (χ4v) is 2.80. The van der Waals surface area contributed by atoms with Crippen LogP contribution in [0, 0.1) is 13.8 Å². The van der Waals surface area contributed by atoms with Gasteiger partial charge in [-0.3, -0.25) is 0 Å². The number of benzene rings is 2. The average Bonchev–Trinajstić information content (AvgIpc) is 2.62. The summed E-state index contributed by atoms with van der Waals surface area (Å²) in [5, 5.41) is 1.77. The summed E-state index contributed by atoms with van der Waals surface area (Å²) in [6.45, 7) is 3.29. The molecule has 0 aliphatic carbocycles. The summed E-state index contributed by atoms with van der Waals surface area (Å²) in [6.07, 6.45) is 0.